The van der Waals surface area contributed by atoms with E-state index in [4.69, 9.17) is 14.6 Å². The molecule has 2 aromatic carbocycles. The Morgan fingerprint density at radius 2 is 1.73 bits per heavy atom. The minimum absolute atomic E-state index is 0.212. The van der Waals surface area contributed by atoms with Crippen molar-refractivity contribution < 1.29 is 19.4 Å². The topological polar surface area (TPSA) is 86.6 Å². The average Bonchev–Trinajstić information content (AvgIpc) is 2.98. The molecule has 174 valence electrons. The van der Waals surface area contributed by atoms with E-state index in [9.17, 15) is 9.90 Å². The van der Waals surface area contributed by atoms with Crippen molar-refractivity contribution in [3.8, 4) is 11.5 Å². The van der Waals surface area contributed by atoms with Gasteiger partial charge in [-0.3, -0.25) is 0 Å². The minimum Gasteiger partial charge on any atom is -0.493 e. The quantitative estimate of drug-likeness (QED) is 0.745. The molecule has 2 heterocycles. The molecule has 2 aliphatic rings. The predicted octanol–water partition coefficient (Wildman–Crippen LogP) is 3.43. The van der Waals surface area contributed by atoms with Crippen molar-refractivity contribution in [1.82, 2.24) is 10.3 Å². The smallest absolute Gasteiger partial charge is 0.342 e. The van der Waals surface area contributed by atoms with Crippen LogP contribution in [0.3, 0.4) is 0 Å². The number of amides is 2. The Labute approximate surface area is 194 Å². The Bertz CT molecular complexity index is 1090. The van der Waals surface area contributed by atoms with Crippen LogP contribution in [-0.2, 0) is 0 Å². The number of rotatable bonds is 4. The first kappa shape index (κ1) is 22.7. The van der Waals surface area contributed by atoms with Gasteiger partial charge in [-0.2, -0.15) is 10.1 Å². The highest BCUT2D eigenvalue weighted by Crippen LogP contribution is 2.35. The van der Waals surface area contributed by atoms with Crippen LogP contribution in [0.4, 0.5) is 10.5 Å². The van der Waals surface area contributed by atoms with Gasteiger partial charge in [0, 0.05) is 42.6 Å². The number of hydrogen-bond acceptors (Lipinski definition) is 6. The van der Waals surface area contributed by atoms with E-state index in [0.29, 0.717) is 22.9 Å². The van der Waals surface area contributed by atoms with E-state index in [-0.39, 0.29) is 12.1 Å². The van der Waals surface area contributed by atoms with E-state index in [1.807, 2.05) is 37.3 Å². The Morgan fingerprint density at radius 1 is 1.09 bits per heavy atom. The molecule has 0 spiro atoms. The normalized spacial score (nSPS) is 16.4. The van der Waals surface area contributed by atoms with Crippen LogP contribution >= 0.6 is 0 Å². The number of urea groups is 1. The van der Waals surface area contributed by atoms with Crippen molar-refractivity contribution in [3.05, 3.63) is 58.8 Å². The first-order chi connectivity index (χ1) is 15.9. The lowest BCUT2D eigenvalue weighted by atomic mass is 9.96. The summed E-state index contributed by atoms with van der Waals surface area (Å²) in [7, 11) is 4.78. The summed E-state index contributed by atoms with van der Waals surface area (Å²) < 4.78 is 11.0. The van der Waals surface area contributed by atoms with Crippen LogP contribution in [0.2, 0.25) is 0 Å². The first-order valence-electron chi connectivity index (χ1n) is 11.0. The largest absolute Gasteiger partial charge is 0.493 e. The number of piperidine rings is 1. The number of allylic oxidation sites excluding steroid dienone is 1. The molecule has 1 fully saturated rings. The molecule has 0 bridgehead atoms. The van der Waals surface area contributed by atoms with E-state index in [1.165, 1.54) is 5.01 Å². The van der Waals surface area contributed by atoms with E-state index in [1.54, 1.807) is 21.3 Å². The zero-order chi connectivity index (χ0) is 23.5. The first-order valence-corrected chi connectivity index (χ1v) is 11.0. The van der Waals surface area contributed by atoms with Gasteiger partial charge in [-0.15, -0.1) is 0 Å². The number of methoxy groups -OCH3 is 2. The molecule has 1 saturated heterocycles. The fourth-order valence-corrected chi connectivity index (χ4v) is 4.22. The van der Waals surface area contributed by atoms with Crippen LogP contribution < -0.4 is 19.7 Å². The van der Waals surface area contributed by atoms with Crippen molar-refractivity contribution >= 4 is 23.5 Å². The van der Waals surface area contributed by atoms with Crippen LogP contribution in [-0.4, -0.2) is 62.3 Å². The van der Waals surface area contributed by atoms with E-state index in [2.05, 4.69) is 22.3 Å². The highest BCUT2D eigenvalue weighted by molar-refractivity contribution is 6.16. The number of benzene rings is 2. The summed E-state index contributed by atoms with van der Waals surface area (Å²) in [5.41, 5.74) is 5.03. The number of fused-ring (bicyclic) bond motifs is 1. The van der Waals surface area contributed by atoms with Crippen molar-refractivity contribution in [2.24, 2.45) is 5.10 Å². The lowest BCUT2D eigenvalue weighted by Crippen LogP contribution is -2.35. The summed E-state index contributed by atoms with van der Waals surface area (Å²) in [6.45, 7) is 3.50. The Morgan fingerprint density at radius 3 is 2.33 bits per heavy atom. The average molecular weight is 451 g/mol. The molecule has 0 unspecified atom stereocenters. The second-order valence-corrected chi connectivity index (χ2v) is 8.16. The Hall–Kier alpha value is -3.52. The summed E-state index contributed by atoms with van der Waals surface area (Å²) in [4.78, 5) is 14.9. The molecule has 8 nitrogen and oxygen atoms in total. The molecule has 33 heavy (non-hydrogen) atoms. The summed E-state index contributed by atoms with van der Waals surface area (Å²) in [5.74, 6) is 1.20. The number of hydrazone groups is 1. The lowest BCUT2D eigenvalue weighted by molar-refractivity contribution is 0.145. The van der Waals surface area contributed by atoms with E-state index < -0.39 is 0 Å². The molecule has 2 aliphatic heterocycles. The van der Waals surface area contributed by atoms with Gasteiger partial charge in [0.1, 0.15) is 0 Å². The molecular formula is C25H30N4O4. The van der Waals surface area contributed by atoms with Crippen LogP contribution in [0.1, 0.15) is 36.5 Å². The molecule has 2 amide bonds. The molecule has 2 aromatic rings. The molecule has 2 N–H and O–H groups in total. The lowest BCUT2D eigenvalue weighted by Gasteiger charge is -2.31. The molecule has 8 heteroatoms. The third-order valence-electron chi connectivity index (χ3n) is 6.09. The Kier molecular flexibility index (Phi) is 6.55. The maximum absolute atomic E-state index is 12.6. The highest BCUT2D eigenvalue weighted by atomic mass is 16.5. The molecule has 0 radical (unpaired) electrons. The molecule has 0 saturated carbocycles. The van der Waals surface area contributed by atoms with Gasteiger partial charge in [0.25, 0.3) is 0 Å². The number of nitrogens with one attached hydrogen (secondary N) is 1. The van der Waals surface area contributed by atoms with Gasteiger partial charge >= 0.3 is 6.03 Å². The molecule has 0 aliphatic carbocycles. The number of hydrogen-bond donors (Lipinski definition) is 2. The number of carbonyl (C=O) groups is 1. The van der Waals surface area contributed by atoms with Gasteiger partial charge in [-0.1, -0.05) is 12.1 Å². The van der Waals surface area contributed by atoms with Crippen LogP contribution in [0.25, 0.3) is 6.08 Å². The molecule has 0 aromatic heterocycles. The van der Waals surface area contributed by atoms with Gasteiger partial charge in [-0.05, 0) is 55.7 Å². The number of aliphatic hydroxyl groups is 1. The molecular weight excluding hydrogens is 420 g/mol. The van der Waals surface area contributed by atoms with Gasteiger partial charge < -0.3 is 24.8 Å². The summed E-state index contributed by atoms with van der Waals surface area (Å²) in [6.07, 6.45) is 3.25. The number of carbonyl (C=O) groups excluding carboxylic acids is 1. The SMILES string of the molecule is CNC(=O)N1N=C(c2ccc(N3CCC(O)CC3)cc2)c2cc(OC)c(OC)cc2C=C1C. The summed E-state index contributed by atoms with van der Waals surface area (Å²) in [6, 6.07) is 11.6. The molecule has 4 rings (SSSR count). The van der Waals surface area contributed by atoms with Crippen LogP contribution in [0.15, 0.2) is 47.2 Å². The summed E-state index contributed by atoms with van der Waals surface area (Å²) in [5, 5.41) is 18.6. The van der Waals surface area contributed by atoms with Crippen molar-refractivity contribution in [2.75, 3.05) is 39.3 Å². The second-order valence-electron chi connectivity index (χ2n) is 8.16. The second kappa shape index (κ2) is 9.54. The minimum atomic E-state index is -0.323. The monoisotopic (exact) mass is 450 g/mol. The van der Waals surface area contributed by atoms with Gasteiger partial charge in [0.2, 0.25) is 0 Å². The highest BCUT2D eigenvalue weighted by Gasteiger charge is 2.24. The zero-order valence-electron chi connectivity index (χ0n) is 19.5. The number of aliphatic hydroxyl groups excluding tert-OH is 1. The van der Waals surface area contributed by atoms with Gasteiger partial charge in [0.05, 0.1) is 26.0 Å². The summed E-state index contributed by atoms with van der Waals surface area (Å²) >= 11 is 0. The third kappa shape index (κ3) is 4.52. The fraction of sp³-hybridized carbons (Fsp3) is 0.360. The van der Waals surface area contributed by atoms with Gasteiger partial charge in [0.15, 0.2) is 11.5 Å². The number of anilines is 1. The zero-order valence-corrected chi connectivity index (χ0v) is 19.5. The predicted molar refractivity (Wildman–Crippen MR) is 129 cm³/mol. The molecule has 0 atom stereocenters. The number of ether oxygens (including phenoxy) is 2. The standard InChI is InChI=1S/C25H30N4O4/c1-16-13-18-14-22(32-3)23(33-4)15-21(18)24(27-29(16)25(31)26-2)17-5-7-19(8-6-17)28-11-9-20(30)10-12-28/h5-8,13-15,20,30H,9-12H2,1-4H3,(H,26,31). The Balaban J connectivity index is 1.79. The van der Waals surface area contributed by atoms with Gasteiger partial charge in [-0.25, -0.2) is 4.79 Å². The van der Waals surface area contributed by atoms with Crippen molar-refractivity contribution in [3.63, 3.8) is 0 Å². The number of nitrogens with zero attached hydrogens (tertiary/aromatic N) is 3. The van der Waals surface area contributed by atoms with Crippen molar-refractivity contribution in [1.29, 1.82) is 0 Å². The van der Waals surface area contributed by atoms with Crippen LogP contribution in [0, 0.1) is 0 Å². The maximum Gasteiger partial charge on any atom is 0.342 e. The third-order valence-corrected chi connectivity index (χ3v) is 6.09. The van der Waals surface area contributed by atoms with E-state index in [0.717, 1.165) is 48.3 Å². The fourth-order valence-electron chi connectivity index (χ4n) is 4.22. The van der Waals surface area contributed by atoms with Crippen LogP contribution in [0.5, 0.6) is 11.5 Å². The van der Waals surface area contributed by atoms with E-state index >= 15 is 0 Å². The maximum atomic E-state index is 12.6. The van der Waals surface area contributed by atoms with Crippen molar-refractivity contribution in [2.45, 2.75) is 25.9 Å².